The minimum atomic E-state index is -0.180. The van der Waals surface area contributed by atoms with Crippen LogP contribution in [0.3, 0.4) is 0 Å². The van der Waals surface area contributed by atoms with Crippen LogP contribution in [0.25, 0.3) is 0 Å². The summed E-state index contributed by atoms with van der Waals surface area (Å²) in [4.78, 5) is 47.3. The number of carbonyl (C=O) groups excluding carboxylic acids is 3. The van der Waals surface area contributed by atoms with Crippen LogP contribution >= 0.6 is 0 Å². The molecule has 17 nitrogen and oxygen atoms in total. The molecular formula is C46H64N4O13. The highest BCUT2D eigenvalue weighted by Gasteiger charge is 2.23. The van der Waals surface area contributed by atoms with Gasteiger partial charge in [0.05, 0.1) is 125 Å². The maximum absolute atomic E-state index is 13.7. The van der Waals surface area contributed by atoms with E-state index in [0.717, 1.165) is 22.4 Å². The molecule has 0 aromatic heterocycles. The number of rotatable bonds is 38. The summed E-state index contributed by atoms with van der Waals surface area (Å²) in [6, 6.07) is 15.3. The number of para-hydroxylation sites is 1. The van der Waals surface area contributed by atoms with Crippen molar-refractivity contribution in [3.63, 3.8) is 0 Å². The van der Waals surface area contributed by atoms with Crippen molar-refractivity contribution < 1.29 is 61.9 Å². The summed E-state index contributed by atoms with van der Waals surface area (Å²) in [5, 5.41) is 6.06. The number of nitrogens with zero attached hydrogens (tertiary/aromatic N) is 3. The van der Waals surface area contributed by atoms with E-state index in [9.17, 15) is 14.4 Å². The fourth-order valence-corrected chi connectivity index (χ4v) is 5.76. The summed E-state index contributed by atoms with van der Waals surface area (Å²) in [5.74, 6) is 8.37. The van der Waals surface area contributed by atoms with Crippen molar-refractivity contribution in [1.29, 1.82) is 0 Å². The highest BCUT2D eigenvalue weighted by molar-refractivity contribution is 5.97. The summed E-state index contributed by atoms with van der Waals surface area (Å²) in [6.07, 6.45) is 5.51. The minimum Gasteiger partial charge on any atom is -0.394 e. The number of oxime groups is 1. The van der Waals surface area contributed by atoms with Crippen LogP contribution < -0.4 is 10.2 Å². The summed E-state index contributed by atoms with van der Waals surface area (Å²) in [5.41, 5.74) is 3.29. The van der Waals surface area contributed by atoms with Crippen molar-refractivity contribution in [1.82, 2.24) is 10.2 Å². The summed E-state index contributed by atoms with van der Waals surface area (Å²) >= 11 is 0. The van der Waals surface area contributed by atoms with Gasteiger partial charge < -0.3 is 62.6 Å². The average molecular weight is 881 g/mol. The molecule has 1 aliphatic rings. The molecule has 0 fully saturated rings. The number of hydrogen-bond donors (Lipinski definition) is 1. The molecule has 346 valence electrons. The third-order valence-corrected chi connectivity index (χ3v) is 8.96. The number of carbonyl (C=O) groups is 3. The van der Waals surface area contributed by atoms with E-state index >= 15 is 0 Å². The molecule has 2 aromatic carbocycles. The SMILES string of the molecule is C#CCOCCOCCN(CCOCCOCCOCCNC(=O)CCOCCOCCOCCOCCON=C)C(=O)CCC(=O)N1Cc2ccccc2C#Cc2ccccc21. The second-order valence-electron chi connectivity index (χ2n) is 13.5. The molecule has 3 amide bonds. The van der Waals surface area contributed by atoms with Gasteiger partial charge in [0.2, 0.25) is 17.7 Å². The van der Waals surface area contributed by atoms with Gasteiger partial charge in [-0.2, -0.15) is 0 Å². The lowest BCUT2D eigenvalue weighted by Gasteiger charge is -2.27. The Labute approximate surface area is 371 Å². The lowest BCUT2D eigenvalue weighted by Crippen LogP contribution is -2.38. The van der Waals surface area contributed by atoms with Crippen molar-refractivity contribution in [2.24, 2.45) is 5.16 Å². The summed E-state index contributed by atoms with van der Waals surface area (Å²) in [7, 11) is 0. The molecule has 1 aliphatic heterocycles. The van der Waals surface area contributed by atoms with Crippen LogP contribution in [0.15, 0.2) is 53.7 Å². The van der Waals surface area contributed by atoms with Crippen molar-refractivity contribution in [3.8, 4) is 24.2 Å². The van der Waals surface area contributed by atoms with E-state index in [1.807, 2.05) is 48.5 Å². The lowest BCUT2D eigenvalue weighted by molar-refractivity contribution is -0.134. The lowest BCUT2D eigenvalue weighted by atomic mass is 10.0. The zero-order valence-electron chi connectivity index (χ0n) is 36.4. The highest BCUT2D eigenvalue weighted by Crippen LogP contribution is 2.26. The number of hydrogen-bond acceptors (Lipinski definition) is 14. The van der Waals surface area contributed by atoms with Crippen molar-refractivity contribution in [3.05, 3.63) is 65.2 Å². The van der Waals surface area contributed by atoms with Crippen LogP contribution in [0, 0.1) is 24.2 Å². The van der Waals surface area contributed by atoms with E-state index in [1.165, 1.54) is 0 Å². The van der Waals surface area contributed by atoms with E-state index in [-0.39, 0.29) is 56.8 Å². The maximum atomic E-state index is 13.7. The van der Waals surface area contributed by atoms with Gasteiger partial charge in [0, 0.05) is 56.7 Å². The van der Waals surface area contributed by atoms with E-state index in [4.69, 9.17) is 53.9 Å². The first-order valence-electron chi connectivity index (χ1n) is 21.3. The van der Waals surface area contributed by atoms with Crippen LogP contribution in [0.2, 0.25) is 0 Å². The van der Waals surface area contributed by atoms with E-state index < -0.39 is 0 Å². The Kier molecular flexibility index (Phi) is 29.6. The van der Waals surface area contributed by atoms with Gasteiger partial charge in [0.1, 0.15) is 13.2 Å². The van der Waals surface area contributed by atoms with Crippen LogP contribution in [-0.2, 0) is 68.4 Å². The molecule has 0 unspecified atom stereocenters. The monoisotopic (exact) mass is 880 g/mol. The minimum absolute atomic E-state index is 0.0242. The second-order valence-corrected chi connectivity index (χ2v) is 13.5. The highest BCUT2D eigenvalue weighted by atomic mass is 16.6. The number of fused-ring (bicyclic) bond motifs is 2. The van der Waals surface area contributed by atoms with E-state index in [2.05, 4.69) is 35.0 Å². The number of terminal acetylenes is 1. The number of anilines is 1. The molecule has 0 radical (unpaired) electrons. The summed E-state index contributed by atoms with van der Waals surface area (Å²) in [6.45, 7) is 11.4. The number of benzene rings is 2. The Morgan fingerprint density at radius 3 is 1.76 bits per heavy atom. The van der Waals surface area contributed by atoms with Crippen molar-refractivity contribution >= 4 is 30.1 Å². The zero-order chi connectivity index (χ0) is 44.8. The normalized spacial score (nSPS) is 11.6. The average Bonchev–Trinajstić information content (AvgIpc) is 3.29. The second kappa shape index (κ2) is 35.5. The fraction of sp³-hybridized carbons (Fsp3) is 0.565. The predicted molar refractivity (Wildman–Crippen MR) is 235 cm³/mol. The van der Waals surface area contributed by atoms with Crippen molar-refractivity contribution in [2.45, 2.75) is 25.8 Å². The molecule has 0 atom stereocenters. The number of amides is 3. The Morgan fingerprint density at radius 2 is 1.14 bits per heavy atom. The molecule has 63 heavy (non-hydrogen) atoms. The van der Waals surface area contributed by atoms with Crippen LogP contribution in [0.5, 0.6) is 0 Å². The van der Waals surface area contributed by atoms with Gasteiger partial charge in [0.25, 0.3) is 0 Å². The third-order valence-electron chi connectivity index (χ3n) is 8.96. The first-order chi connectivity index (χ1) is 31.0. The molecule has 2 aromatic rings. The van der Waals surface area contributed by atoms with E-state index in [1.54, 1.807) is 9.80 Å². The maximum Gasteiger partial charge on any atom is 0.227 e. The third kappa shape index (κ3) is 24.5. The van der Waals surface area contributed by atoms with Gasteiger partial charge in [0.15, 0.2) is 0 Å². The Balaban J connectivity index is 1.23. The fourth-order valence-electron chi connectivity index (χ4n) is 5.76. The molecule has 1 heterocycles. The molecule has 0 bridgehead atoms. The first kappa shape index (κ1) is 52.4. The van der Waals surface area contributed by atoms with Crippen LogP contribution in [-0.4, -0.2) is 175 Å². The van der Waals surface area contributed by atoms with Gasteiger partial charge in [-0.1, -0.05) is 48.1 Å². The Morgan fingerprint density at radius 1 is 0.635 bits per heavy atom. The van der Waals surface area contributed by atoms with Gasteiger partial charge in [-0.05, 0) is 23.8 Å². The molecule has 0 spiro atoms. The van der Waals surface area contributed by atoms with Gasteiger partial charge in [-0.3, -0.25) is 14.4 Å². The standard InChI is InChI=1S/C46H64N4O13/c1-3-20-54-25-28-57-23-18-49(45(52)14-15-46(53)50-39-42-10-5-4-8-40(42)12-13-41-9-6-7-11-43(41)50)19-24-58-29-32-60-31-27-56-22-17-48-44(51)16-21-55-26-30-59-33-34-61-35-36-62-37-38-63-47-2/h1,4-11H,2,14-39H2,(H,48,51). The molecule has 0 aliphatic carbocycles. The zero-order valence-corrected chi connectivity index (χ0v) is 36.4. The number of ether oxygens (including phenoxy) is 9. The van der Waals surface area contributed by atoms with Gasteiger partial charge in [-0.25, -0.2) is 0 Å². The topological polar surface area (TPSA) is 174 Å². The largest absolute Gasteiger partial charge is 0.394 e. The molecular weight excluding hydrogens is 817 g/mol. The van der Waals surface area contributed by atoms with E-state index in [0.29, 0.717) is 132 Å². The smallest absolute Gasteiger partial charge is 0.227 e. The molecule has 1 N–H and O–H groups in total. The van der Waals surface area contributed by atoms with Crippen molar-refractivity contribution in [2.75, 3.05) is 150 Å². The quantitative estimate of drug-likeness (QED) is 0.0452. The summed E-state index contributed by atoms with van der Waals surface area (Å²) < 4.78 is 49.4. The van der Waals surface area contributed by atoms with Gasteiger partial charge in [-0.15, -0.1) is 11.6 Å². The molecule has 3 rings (SSSR count). The Hall–Kier alpha value is -4.92. The predicted octanol–water partition coefficient (Wildman–Crippen LogP) is 2.46. The molecule has 0 saturated heterocycles. The molecule has 0 saturated carbocycles. The van der Waals surface area contributed by atoms with Gasteiger partial charge >= 0.3 is 0 Å². The van der Waals surface area contributed by atoms with Crippen LogP contribution in [0.1, 0.15) is 36.0 Å². The Bertz CT molecular complexity index is 1700. The molecule has 17 heteroatoms. The van der Waals surface area contributed by atoms with Crippen LogP contribution in [0.4, 0.5) is 5.69 Å². The first-order valence-corrected chi connectivity index (χ1v) is 21.3. The number of nitrogens with one attached hydrogen (secondary N) is 1.